The van der Waals surface area contributed by atoms with Gasteiger partial charge in [0.05, 0.1) is 21.6 Å². The Morgan fingerprint density at radius 3 is 2.52 bits per heavy atom. The lowest BCUT2D eigenvalue weighted by Gasteiger charge is -2.07. The van der Waals surface area contributed by atoms with E-state index in [1.54, 1.807) is 36.9 Å². The molecular weight excluding hydrogens is 456 g/mol. The number of para-hydroxylation sites is 2. The summed E-state index contributed by atoms with van der Waals surface area (Å²) in [6, 6.07) is 16.6. The largest absolute Gasteiger partial charge is 0.493 e. The van der Waals surface area contributed by atoms with Crippen molar-refractivity contribution in [2.75, 3.05) is 0 Å². The molecule has 0 radical (unpaired) electrons. The molecule has 7 nitrogen and oxygen atoms in total. The van der Waals surface area contributed by atoms with Crippen LogP contribution in [0.25, 0.3) is 23.5 Å². The van der Waals surface area contributed by atoms with Crippen LogP contribution in [0.3, 0.4) is 0 Å². The molecule has 4 aromatic rings. The third-order valence-corrected chi connectivity index (χ3v) is 6.87. The number of amides is 1. The minimum Gasteiger partial charge on any atom is -0.493 e. The maximum Gasteiger partial charge on any atom is 0.296 e. The van der Waals surface area contributed by atoms with Crippen molar-refractivity contribution < 1.29 is 9.90 Å². The molecule has 0 spiro atoms. The maximum absolute atomic E-state index is 13.4. The lowest BCUT2D eigenvalue weighted by molar-refractivity contribution is -0.114. The zero-order valence-corrected chi connectivity index (χ0v) is 19.4. The van der Waals surface area contributed by atoms with Crippen LogP contribution in [0.2, 0.25) is 0 Å². The van der Waals surface area contributed by atoms with Crippen molar-refractivity contribution in [3.8, 4) is 17.3 Å². The van der Waals surface area contributed by atoms with E-state index in [-0.39, 0.29) is 17.1 Å². The van der Waals surface area contributed by atoms with Crippen LogP contribution in [0.15, 0.2) is 70.0 Å². The van der Waals surface area contributed by atoms with Crippen molar-refractivity contribution in [2.45, 2.75) is 6.92 Å². The number of nitrogens with zero attached hydrogens (tertiary/aromatic N) is 4. The maximum atomic E-state index is 13.4. The summed E-state index contributed by atoms with van der Waals surface area (Å²) in [5, 5.41) is 12.5. The third-order valence-electron chi connectivity index (χ3n) is 5.56. The highest BCUT2D eigenvalue weighted by Gasteiger charge is 2.23. The van der Waals surface area contributed by atoms with Gasteiger partial charge in [0.2, 0.25) is 5.88 Å². The molecule has 164 valence electrons. The molecule has 0 saturated carbocycles. The Labute approximate surface area is 197 Å². The average Bonchev–Trinajstić information content (AvgIpc) is 3.20. The minimum absolute atomic E-state index is 0.191. The van der Waals surface area contributed by atoms with Gasteiger partial charge < -0.3 is 5.11 Å². The molecule has 0 atom stereocenters. The van der Waals surface area contributed by atoms with E-state index in [9.17, 15) is 14.7 Å². The zero-order valence-electron chi connectivity index (χ0n) is 17.7. The number of carbonyl (C=O) groups is 1. The molecule has 33 heavy (non-hydrogen) atoms. The quantitative estimate of drug-likeness (QED) is 0.366. The Hall–Kier alpha value is -3.82. The van der Waals surface area contributed by atoms with Gasteiger partial charge in [0.25, 0.3) is 11.5 Å². The SMILES string of the molecule is Cc1c(-n2c(O)c(C=C3C=c4ccccc4=NC3=O)sc2=S)c(=O)n(-c2ccccc2)n1C. The Morgan fingerprint density at radius 1 is 1.06 bits per heavy atom. The number of carbonyl (C=O) groups excluding carboxylic acids is 1. The second kappa shape index (κ2) is 7.95. The van der Waals surface area contributed by atoms with Crippen LogP contribution in [0, 0.1) is 10.9 Å². The molecular formula is C24H18N4O3S2. The number of thiazole rings is 1. The van der Waals surface area contributed by atoms with Crippen LogP contribution < -0.4 is 16.1 Å². The van der Waals surface area contributed by atoms with Gasteiger partial charge in [0, 0.05) is 17.8 Å². The first-order valence-corrected chi connectivity index (χ1v) is 11.3. The number of aromatic hydroxyl groups is 1. The fourth-order valence-corrected chi connectivity index (χ4v) is 5.12. The van der Waals surface area contributed by atoms with Crippen molar-refractivity contribution >= 4 is 41.6 Å². The summed E-state index contributed by atoms with van der Waals surface area (Å²) in [5.74, 6) is -0.593. The number of fused-ring (bicyclic) bond motifs is 1. The van der Waals surface area contributed by atoms with Crippen LogP contribution in [0.4, 0.5) is 0 Å². The summed E-state index contributed by atoms with van der Waals surface area (Å²) in [5.41, 5.74) is 1.62. The van der Waals surface area contributed by atoms with Crippen LogP contribution in [0.1, 0.15) is 10.6 Å². The summed E-state index contributed by atoms with van der Waals surface area (Å²) in [6.07, 6.45) is 3.29. The van der Waals surface area contributed by atoms with Gasteiger partial charge >= 0.3 is 0 Å². The van der Waals surface area contributed by atoms with Crippen molar-refractivity contribution in [1.29, 1.82) is 0 Å². The Balaban J connectivity index is 1.68. The van der Waals surface area contributed by atoms with Gasteiger partial charge in [0.1, 0.15) is 5.69 Å². The van der Waals surface area contributed by atoms with E-state index in [1.807, 2.05) is 48.5 Å². The van der Waals surface area contributed by atoms with Crippen molar-refractivity contribution in [3.63, 3.8) is 0 Å². The molecule has 2 aromatic carbocycles. The van der Waals surface area contributed by atoms with Crippen LogP contribution in [0.5, 0.6) is 5.88 Å². The molecule has 3 heterocycles. The number of rotatable bonds is 3. The first kappa shape index (κ1) is 21.0. The third kappa shape index (κ3) is 3.42. The van der Waals surface area contributed by atoms with Crippen molar-refractivity contribution in [1.82, 2.24) is 13.9 Å². The highest BCUT2D eigenvalue weighted by molar-refractivity contribution is 7.73. The average molecular weight is 475 g/mol. The predicted molar refractivity (Wildman–Crippen MR) is 130 cm³/mol. The van der Waals surface area contributed by atoms with E-state index in [2.05, 4.69) is 4.99 Å². The van der Waals surface area contributed by atoms with Gasteiger partial charge in [-0.05, 0) is 49.5 Å². The number of hydrogen-bond donors (Lipinski definition) is 1. The molecule has 1 amide bonds. The molecule has 1 aliphatic heterocycles. The van der Waals surface area contributed by atoms with Crippen molar-refractivity contribution in [2.24, 2.45) is 12.0 Å². The molecule has 9 heteroatoms. The molecule has 0 aliphatic carbocycles. The van der Waals surface area contributed by atoms with Crippen LogP contribution >= 0.6 is 23.6 Å². The first-order valence-electron chi connectivity index (χ1n) is 10.1. The van der Waals surface area contributed by atoms with E-state index >= 15 is 0 Å². The van der Waals surface area contributed by atoms with Gasteiger partial charge in [-0.15, -0.1) is 11.3 Å². The smallest absolute Gasteiger partial charge is 0.296 e. The first-order chi connectivity index (χ1) is 15.9. The van der Waals surface area contributed by atoms with E-state index in [4.69, 9.17) is 12.2 Å². The van der Waals surface area contributed by atoms with Crippen LogP contribution in [-0.2, 0) is 11.8 Å². The monoisotopic (exact) mass is 474 g/mol. The fourth-order valence-electron chi connectivity index (χ4n) is 3.84. The summed E-state index contributed by atoms with van der Waals surface area (Å²) < 4.78 is 4.90. The minimum atomic E-state index is -0.402. The van der Waals surface area contributed by atoms with Gasteiger partial charge in [-0.2, -0.15) is 0 Å². The Morgan fingerprint density at radius 2 is 1.76 bits per heavy atom. The molecule has 0 fully saturated rings. The molecule has 1 aliphatic rings. The Kier molecular flexibility index (Phi) is 5.07. The van der Waals surface area contributed by atoms with E-state index in [1.165, 1.54) is 9.25 Å². The Bertz CT molecular complexity index is 1700. The molecule has 1 N–H and O–H groups in total. The second-order valence-electron chi connectivity index (χ2n) is 7.52. The lowest BCUT2D eigenvalue weighted by atomic mass is 10.1. The van der Waals surface area contributed by atoms with Gasteiger partial charge in [-0.25, -0.2) is 9.67 Å². The van der Waals surface area contributed by atoms with E-state index in [0.29, 0.717) is 31.1 Å². The van der Waals surface area contributed by atoms with Crippen molar-refractivity contribution in [3.05, 3.63) is 95.6 Å². The predicted octanol–water partition coefficient (Wildman–Crippen LogP) is 2.80. The number of hydrogen-bond acceptors (Lipinski definition) is 5. The fraction of sp³-hybridized carbons (Fsp3) is 0.0833. The zero-order chi connectivity index (χ0) is 23.3. The molecule has 0 bridgehead atoms. The second-order valence-corrected chi connectivity index (χ2v) is 9.20. The van der Waals surface area contributed by atoms with E-state index < -0.39 is 5.91 Å². The van der Waals surface area contributed by atoms with Gasteiger partial charge in [0.15, 0.2) is 3.95 Å². The summed E-state index contributed by atoms with van der Waals surface area (Å²) in [6.45, 7) is 1.79. The van der Waals surface area contributed by atoms with Crippen LogP contribution in [-0.4, -0.2) is 24.9 Å². The summed E-state index contributed by atoms with van der Waals surface area (Å²) in [7, 11) is 1.78. The summed E-state index contributed by atoms with van der Waals surface area (Å²) in [4.78, 5) is 30.4. The molecule has 2 aromatic heterocycles. The standard InChI is InChI=1S/C24H18N4O3S2/c1-14-20(23(31)28(26(14)2)17-9-4-3-5-10-17)27-22(30)19(33-24(27)32)13-16-12-15-8-6-7-11-18(15)25-21(16)29/h3-13,30H,1-2H3. The summed E-state index contributed by atoms with van der Waals surface area (Å²) >= 11 is 6.63. The number of aromatic nitrogens is 3. The lowest BCUT2D eigenvalue weighted by Crippen LogP contribution is -2.29. The molecule has 0 saturated heterocycles. The normalized spacial score (nSPS) is 14.1. The topological polar surface area (TPSA) is 81.5 Å². The van der Waals surface area contributed by atoms with Gasteiger partial charge in [-0.1, -0.05) is 36.4 Å². The van der Waals surface area contributed by atoms with Gasteiger partial charge in [-0.3, -0.25) is 18.8 Å². The highest BCUT2D eigenvalue weighted by Crippen LogP contribution is 2.32. The highest BCUT2D eigenvalue weighted by atomic mass is 32.1. The number of benzene rings is 2. The van der Waals surface area contributed by atoms with E-state index in [0.717, 1.165) is 16.6 Å². The molecule has 5 rings (SSSR count). The molecule has 0 unspecified atom stereocenters.